The topological polar surface area (TPSA) is 75.4 Å². The molecule has 130 valence electrons. The summed E-state index contributed by atoms with van der Waals surface area (Å²) in [6, 6.07) is 7.01. The van der Waals surface area contributed by atoms with E-state index < -0.39 is 15.9 Å². The van der Waals surface area contributed by atoms with E-state index in [9.17, 15) is 13.5 Å². The molecule has 0 bridgehead atoms. The lowest BCUT2D eigenvalue weighted by Crippen LogP contribution is -2.36. The van der Waals surface area contributed by atoms with Crippen molar-refractivity contribution in [2.45, 2.75) is 23.8 Å². The minimum absolute atomic E-state index is 0.192. The smallest absolute Gasteiger partial charge is 0.175 e. The molecule has 0 spiro atoms. The first-order valence-corrected chi connectivity index (χ1v) is 9.96. The highest BCUT2D eigenvalue weighted by Gasteiger charge is 2.28. The van der Waals surface area contributed by atoms with Gasteiger partial charge in [0.1, 0.15) is 11.9 Å². The molecule has 3 rings (SSSR count). The van der Waals surface area contributed by atoms with Crippen LogP contribution >= 0.6 is 0 Å². The summed E-state index contributed by atoms with van der Waals surface area (Å²) in [5, 5.41) is 10.5. The molecular weight excluding hydrogens is 326 g/mol. The summed E-state index contributed by atoms with van der Waals surface area (Å²) >= 11 is 0. The van der Waals surface area contributed by atoms with Gasteiger partial charge in [-0.3, -0.25) is 0 Å². The van der Waals surface area contributed by atoms with Crippen LogP contribution in [-0.2, 0) is 16.9 Å². The number of anilines is 1. The Morgan fingerprint density at radius 2 is 1.83 bits per heavy atom. The van der Waals surface area contributed by atoms with Gasteiger partial charge in [0.2, 0.25) is 0 Å². The maximum atomic E-state index is 11.5. The zero-order chi connectivity index (χ0) is 17.3. The molecule has 24 heavy (non-hydrogen) atoms. The summed E-state index contributed by atoms with van der Waals surface area (Å²) in [5.74, 6) is 0.906. The molecule has 0 saturated carbocycles. The SMILES string of the molecule is Cn1ccnc1C(O)C1CCN(c2ccc(S(C)(=O)=O)cc2)CC1. The molecule has 1 aromatic carbocycles. The van der Waals surface area contributed by atoms with E-state index in [-0.39, 0.29) is 5.92 Å². The highest BCUT2D eigenvalue weighted by atomic mass is 32.2. The van der Waals surface area contributed by atoms with Crippen LogP contribution in [0.5, 0.6) is 0 Å². The summed E-state index contributed by atoms with van der Waals surface area (Å²) in [6.07, 6.45) is 5.98. The molecule has 1 N–H and O–H groups in total. The number of hydrogen-bond acceptors (Lipinski definition) is 5. The molecule has 2 aromatic rings. The van der Waals surface area contributed by atoms with Gasteiger partial charge in [0, 0.05) is 44.5 Å². The van der Waals surface area contributed by atoms with Crippen molar-refractivity contribution in [1.29, 1.82) is 0 Å². The highest BCUT2D eigenvalue weighted by molar-refractivity contribution is 7.90. The minimum atomic E-state index is -3.16. The van der Waals surface area contributed by atoms with Crippen molar-refractivity contribution < 1.29 is 13.5 Å². The van der Waals surface area contributed by atoms with E-state index in [1.165, 1.54) is 6.26 Å². The van der Waals surface area contributed by atoms with Gasteiger partial charge < -0.3 is 14.6 Å². The van der Waals surface area contributed by atoms with E-state index in [1.807, 2.05) is 29.9 Å². The van der Waals surface area contributed by atoms with Gasteiger partial charge in [0.15, 0.2) is 9.84 Å². The fraction of sp³-hybridized carbons (Fsp3) is 0.471. The number of imidazole rings is 1. The van der Waals surface area contributed by atoms with Crippen LogP contribution in [0.15, 0.2) is 41.6 Å². The molecule has 1 aliphatic rings. The summed E-state index contributed by atoms with van der Waals surface area (Å²) in [7, 11) is -1.27. The highest BCUT2D eigenvalue weighted by Crippen LogP contribution is 2.31. The number of aromatic nitrogens is 2. The molecule has 2 heterocycles. The van der Waals surface area contributed by atoms with Crippen molar-refractivity contribution >= 4 is 15.5 Å². The van der Waals surface area contributed by atoms with Crippen LogP contribution < -0.4 is 4.90 Å². The first kappa shape index (κ1) is 17.0. The van der Waals surface area contributed by atoms with E-state index in [0.717, 1.165) is 31.6 Å². The number of nitrogens with zero attached hydrogens (tertiary/aromatic N) is 3. The number of rotatable bonds is 4. The summed E-state index contributed by atoms with van der Waals surface area (Å²) < 4.78 is 24.9. The van der Waals surface area contributed by atoms with Crippen molar-refractivity contribution in [2.24, 2.45) is 13.0 Å². The van der Waals surface area contributed by atoms with Crippen LogP contribution in [0.3, 0.4) is 0 Å². The molecule has 0 aliphatic carbocycles. The van der Waals surface area contributed by atoms with Crippen molar-refractivity contribution in [2.75, 3.05) is 24.2 Å². The predicted molar refractivity (Wildman–Crippen MR) is 92.7 cm³/mol. The van der Waals surface area contributed by atoms with Gasteiger partial charge in [-0.15, -0.1) is 0 Å². The Morgan fingerprint density at radius 1 is 1.21 bits per heavy atom. The molecule has 1 saturated heterocycles. The number of aryl methyl sites for hydroxylation is 1. The Balaban J connectivity index is 1.64. The number of sulfone groups is 1. The third kappa shape index (κ3) is 3.47. The summed E-state index contributed by atoms with van der Waals surface area (Å²) in [4.78, 5) is 6.81. The maximum Gasteiger partial charge on any atom is 0.175 e. The first-order chi connectivity index (χ1) is 11.4. The van der Waals surface area contributed by atoms with Crippen molar-refractivity contribution in [3.63, 3.8) is 0 Å². The fourth-order valence-electron chi connectivity index (χ4n) is 3.25. The zero-order valence-electron chi connectivity index (χ0n) is 14.0. The molecule has 1 aromatic heterocycles. The van der Waals surface area contributed by atoms with Gasteiger partial charge >= 0.3 is 0 Å². The van der Waals surface area contributed by atoms with Gasteiger partial charge in [-0.2, -0.15) is 0 Å². The van der Waals surface area contributed by atoms with Crippen LogP contribution in [-0.4, -0.2) is 42.4 Å². The average Bonchev–Trinajstić information content (AvgIpc) is 3.00. The zero-order valence-corrected chi connectivity index (χ0v) is 14.8. The summed E-state index contributed by atoms with van der Waals surface area (Å²) in [5.41, 5.74) is 1.02. The molecule has 6 nitrogen and oxygen atoms in total. The minimum Gasteiger partial charge on any atom is -0.385 e. The normalized spacial score (nSPS) is 17.9. The van der Waals surface area contributed by atoms with Crippen LogP contribution in [0.25, 0.3) is 0 Å². The van der Waals surface area contributed by atoms with E-state index >= 15 is 0 Å². The van der Waals surface area contributed by atoms with Crippen LogP contribution in [0.1, 0.15) is 24.8 Å². The van der Waals surface area contributed by atoms with Crippen molar-refractivity contribution in [1.82, 2.24) is 9.55 Å². The number of aliphatic hydroxyl groups excluding tert-OH is 1. The van der Waals surface area contributed by atoms with Crippen molar-refractivity contribution in [3.05, 3.63) is 42.5 Å². The van der Waals surface area contributed by atoms with Crippen LogP contribution in [0, 0.1) is 5.92 Å². The largest absolute Gasteiger partial charge is 0.385 e. The lowest BCUT2D eigenvalue weighted by atomic mass is 9.90. The summed E-state index contributed by atoms with van der Waals surface area (Å²) in [6.45, 7) is 1.68. The molecule has 1 fully saturated rings. The number of piperidine rings is 1. The number of aliphatic hydroxyl groups is 1. The second kappa shape index (κ2) is 6.57. The predicted octanol–water partition coefficient (Wildman–Crippen LogP) is 1.77. The van der Waals surface area contributed by atoms with Gasteiger partial charge in [-0.25, -0.2) is 13.4 Å². The first-order valence-electron chi connectivity index (χ1n) is 8.06. The maximum absolute atomic E-state index is 11.5. The standard InChI is InChI=1S/C17H23N3O3S/c1-19-12-9-18-17(19)16(21)13-7-10-20(11-8-13)14-3-5-15(6-4-14)24(2,22)23/h3-6,9,12-13,16,21H,7-8,10-11H2,1-2H3. The van der Waals surface area contributed by atoms with Gasteiger partial charge in [0.25, 0.3) is 0 Å². The monoisotopic (exact) mass is 349 g/mol. The van der Waals surface area contributed by atoms with E-state index in [2.05, 4.69) is 9.88 Å². The fourth-order valence-corrected chi connectivity index (χ4v) is 3.88. The van der Waals surface area contributed by atoms with E-state index in [0.29, 0.717) is 10.7 Å². The van der Waals surface area contributed by atoms with E-state index in [1.54, 1.807) is 18.3 Å². The van der Waals surface area contributed by atoms with E-state index in [4.69, 9.17) is 0 Å². The average molecular weight is 349 g/mol. The third-order valence-electron chi connectivity index (χ3n) is 4.74. The molecule has 1 atom stereocenters. The van der Waals surface area contributed by atoms with Crippen LogP contribution in [0.2, 0.25) is 0 Å². The Hall–Kier alpha value is -1.86. The second-order valence-electron chi connectivity index (χ2n) is 6.43. The molecular formula is C17H23N3O3S. The Labute approximate surface area is 142 Å². The third-order valence-corrected chi connectivity index (χ3v) is 5.87. The second-order valence-corrected chi connectivity index (χ2v) is 8.45. The van der Waals surface area contributed by atoms with Crippen molar-refractivity contribution in [3.8, 4) is 0 Å². The lowest BCUT2D eigenvalue weighted by Gasteiger charge is -2.35. The Morgan fingerprint density at radius 3 is 2.33 bits per heavy atom. The van der Waals surface area contributed by atoms with Crippen LogP contribution in [0.4, 0.5) is 5.69 Å². The Kier molecular flexibility index (Phi) is 4.64. The van der Waals surface area contributed by atoms with Gasteiger partial charge in [-0.05, 0) is 43.0 Å². The number of benzene rings is 1. The molecule has 1 aliphatic heterocycles. The molecule has 7 heteroatoms. The Bertz CT molecular complexity index is 791. The van der Waals surface area contributed by atoms with Gasteiger partial charge in [-0.1, -0.05) is 0 Å². The molecule has 0 radical (unpaired) electrons. The molecule has 1 unspecified atom stereocenters. The quantitative estimate of drug-likeness (QED) is 0.910. The molecule has 0 amide bonds. The number of hydrogen-bond donors (Lipinski definition) is 1. The van der Waals surface area contributed by atoms with Gasteiger partial charge in [0.05, 0.1) is 4.90 Å². The lowest BCUT2D eigenvalue weighted by molar-refractivity contribution is 0.0825.